The van der Waals surface area contributed by atoms with Crippen LogP contribution in [0.4, 0.5) is 0 Å². The molecule has 1 N–H and O–H groups in total. The van der Waals surface area contributed by atoms with E-state index >= 15 is 0 Å². The van der Waals surface area contributed by atoms with Crippen LogP contribution in [0.2, 0.25) is 16.6 Å². The third kappa shape index (κ3) is 6.33. The number of hydrogen-bond acceptors (Lipinski definition) is 8. The minimum absolute atomic E-state index is 0.0137. The Morgan fingerprint density at radius 1 is 1.05 bits per heavy atom. The highest BCUT2D eigenvalue weighted by atomic mass is 28.4. The van der Waals surface area contributed by atoms with Crippen molar-refractivity contribution in [2.45, 2.75) is 89.9 Å². The first-order chi connectivity index (χ1) is 19.4. The van der Waals surface area contributed by atoms with E-state index in [-0.39, 0.29) is 30.3 Å². The number of rotatable bonds is 11. The zero-order valence-electron chi connectivity index (χ0n) is 25.6. The maximum absolute atomic E-state index is 13.1. The number of aromatic nitrogens is 4. The predicted molar refractivity (Wildman–Crippen MR) is 161 cm³/mol. The molecule has 10 nitrogen and oxygen atoms in total. The van der Waals surface area contributed by atoms with Crippen molar-refractivity contribution in [3.05, 3.63) is 58.9 Å². The highest BCUT2D eigenvalue weighted by Gasteiger charge is 2.50. The fraction of sp³-hybridized carbons (Fsp3) is 0.600. The number of aromatic amines is 1. The van der Waals surface area contributed by atoms with Gasteiger partial charge in [0, 0.05) is 19.1 Å². The van der Waals surface area contributed by atoms with Gasteiger partial charge in [-0.1, -0.05) is 59.7 Å². The second-order valence-electron chi connectivity index (χ2n) is 12.4. The minimum atomic E-state index is -2.28. The largest absolute Gasteiger partial charge is 0.459 e. The second kappa shape index (κ2) is 12.6. The number of imidazole rings is 1. The summed E-state index contributed by atoms with van der Waals surface area (Å²) in [6, 6.07) is 9.16. The molecule has 0 radical (unpaired) electrons. The Kier molecular flexibility index (Phi) is 9.52. The Morgan fingerprint density at radius 2 is 1.71 bits per heavy atom. The van der Waals surface area contributed by atoms with Crippen molar-refractivity contribution in [1.29, 1.82) is 0 Å². The number of hydrogen-bond donors (Lipinski definition) is 1. The zero-order chi connectivity index (χ0) is 29.9. The Balaban J connectivity index is 1.74. The van der Waals surface area contributed by atoms with E-state index < -0.39 is 26.1 Å². The van der Waals surface area contributed by atoms with Gasteiger partial charge in [0.25, 0.3) is 5.56 Å². The van der Waals surface area contributed by atoms with Crippen molar-refractivity contribution in [2.75, 3.05) is 26.3 Å². The maximum atomic E-state index is 13.1. The highest BCUT2D eigenvalue weighted by molar-refractivity contribution is 6.77. The lowest BCUT2D eigenvalue weighted by atomic mass is 10.0. The molecule has 3 aromatic rings. The molecule has 224 valence electrons. The number of carbonyl (C=O) groups is 1. The topological polar surface area (TPSA) is 112 Å². The number of ether oxygens (including phenoxy) is 2. The van der Waals surface area contributed by atoms with Crippen LogP contribution in [0.15, 0.2) is 47.8 Å². The number of H-pyrrole nitrogens is 1. The molecule has 11 heteroatoms. The van der Waals surface area contributed by atoms with E-state index in [1.807, 2.05) is 18.2 Å². The van der Waals surface area contributed by atoms with Gasteiger partial charge in [-0.25, -0.2) is 14.8 Å². The van der Waals surface area contributed by atoms with Crippen molar-refractivity contribution in [3.63, 3.8) is 0 Å². The lowest BCUT2D eigenvalue weighted by Crippen LogP contribution is -2.62. The summed E-state index contributed by atoms with van der Waals surface area (Å²) in [6.45, 7) is 19.1. The molecule has 0 unspecified atom stereocenters. The Hall–Kier alpha value is -2.86. The maximum Gasteiger partial charge on any atom is 0.338 e. The molecule has 1 aliphatic heterocycles. The van der Waals surface area contributed by atoms with Crippen molar-refractivity contribution < 1.29 is 18.7 Å². The van der Waals surface area contributed by atoms with Crippen LogP contribution in [0.3, 0.4) is 0 Å². The molecule has 2 atom stereocenters. The first kappa shape index (κ1) is 31.1. The van der Waals surface area contributed by atoms with Crippen LogP contribution in [0.5, 0.6) is 0 Å². The van der Waals surface area contributed by atoms with Crippen LogP contribution in [-0.2, 0) is 13.9 Å². The van der Waals surface area contributed by atoms with Gasteiger partial charge in [-0.3, -0.25) is 14.3 Å². The van der Waals surface area contributed by atoms with Gasteiger partial charge < -0.3 is 18.9 Å². The molecule has 4 rings (SSSR count). The number of benzene rings is 1. The van der Waals surface area contributed by atoms with Crippen LogP contribution < -0.4 is 5.56 Å². The third-order valence-corrected chi connectivity index (χ3v) is 14.5. The number of fused-ring (bicyclic) bond motifs is 1. The smallest absolute Gasteiger partial charge is 0.338 e. The average Bonchev–Trinajstić information content (AvgIpc) is 3.37. The highest BCUT2D eigenvalue weighted by Crippen LogP contribution is 2.43. The molecule has 0 amide bonds. The summed E-state index contributed by atoms with van der Waals surface area (Å²) in [4.78, 5) is 39.1. The van der Waals surface area contributed by atoms with Crippen LogP contribution in [0.25, 0.3) is 11.2 Å². The minimum Gasteiger partial charge on any atom is -0.459 e. The van der Waals surface area contributed by atoms with Crippen LogP contribution in [-0.4, -0.2) is 76.7 Å². The summed E-state index contributed by atoms with van der Waals surface area (Å²) < 4.78 is 21.8. The molecule has 0 aliphatic carbocycles. The zero-order valence-corrected chi connectivity index (χ0v) is 26.6. The summed E-state index contributed by atoms with van der Waals surface area (Å²) in [6.07, 6.45) is 2.44. The Labute approximate surface area is 243 Å². The van der Waals surface area contributed by atoms with E-state index in [4.69, 9.17) is 13.9 Å². The van der Waals surface area contributed by atoms with Crippen LogP contribution >= 0.6 is 0 Å². The number of nitrogens with zero attached hydrogens (tertiary/aromatic N) is 4. The van der Waals surface area contributed by atoms with Gasteiger partial charge in [0.1, 0.15) is 18.4 Å². The van der Waals surface area contributed by atoms with E-state index in [0.29, 0.717) is 40.9 Å². The fourth-order valence-corrected chi connectivity index (χ4v) is 11.9. The summed E-state index contributed by atoms with van der Waals surface area (Å²) >= 11 is 0. The molecule has 1 saturated heterocycles. The molecule has 0 spiro atoms. The third-order valence-electron chi connectivity index (χ3n) is 8.44. The van der Waals surface area contributed by atoms with Gasteiger partial charge in [0.05, 0.1) is 24.8 Å². The Bertz CT molecular complexity index is 1350. The number of nitrogens with one attached hydrogen (secondary N) is 1. The normalized spacial score (nSPS) is 20.5. The van der Waals surface area contributed by atoms with Gasteiger partial charge in [-0.2, -0.15) is 0 Å². The molecule has 41 heavy (non-hydrogen) atoms. The standard InChI is InChI=1S/C30H45N5O5Si/c1-20(2)34-14-25(35-19-33-26-27(35)31-18-32-28(26)36)40-30(15-34,16-38-29(37)24-12-10-9-11-13-24)17-39-41(21(3)4,22(5)6)23(7)8/h9-13,18-23,25H,14-17H2,1-8H3,(H,31,32,36)/t25-,30+/m1/s1. The van der Waals surface area contributed by atoms with Crippen LogP contribution in [0, 0.1) is 0 Å². The van der Waals surface area contributed by atoms with E-state index in [1.165, 1.54) is 6.33 Å². The first-order valence-electron chi connectivity index (χ1n) is 14.6. The number of esters is 1. The van der Waals surface area contributed by atoms with Gasteiger partial charge in [-0.05, 0) is 42.6 Å². The lowest BCUT2D eigenvalue weighted by molar-refractivity contribution is -0.215. The molecule has 1 fully saturated rings. The monoisotopic (exact) mass is 583 g/mol. The molecule has 3 heterocycles. The molecule has 0 saturated carbocycles. The summed E-state index contributed by atoms with van der Waals surface area (Å²) in [5.74, 6) is -0.409. The molecular formula is C30H45N5O5Si. The molecule has 1 aromatic carbocycles. The van der Waals surface area contributed by atoms with Crippen molar-refractivity contribution >= 4 is 25.5 Å². The number of morpholine rings is 1. The van der Waals surface area contributed by atoms with Crippen LogP contribution in [0.1, 0.15) is 72.0 Å². The van der Waals surface area contributed by atoms with Gasteiger partial charge >= 0.3 is 5.97 Å². The molecule has 1 aliphatic rings. The lowest BCUT2D eigenvalue weighted by Gasteiger charge is -2.50. The van der Waals surface area contributed by atoms with E-state index in [9.17, 15) is 9.59 Å². The van der Waals surface area contributed by atoms with Crippen molar-refractivity contribution in [3.8, 4) is 0 Å². The summed E-state index contributed by atoms with van der Waals surface area (Å²) in [7, 11) is -2.28. The van der Waals surface area contributed by atoms with Gasteiger partial charge in [0.15, 0.2) is 19.5 Å². The predicted octanol–water partition coefficient (Wildman–Crippen LogP) is 5.15. The molecule has 0 bridgehead atoms. The SMILES string of the molecule is CC(C)N1C[C@H](n2cnc3c(=O)[nH]cnc32)O[C@@](COC(=O)c2ccccc2)(CO[Si](C(C)C)(C(C)C)C(C)C)C1. The molecular weight excluding hydrogens is 538 g/mol. The first-order valence-corrected chi connectivity index (χ1v) is 16.7. The van der Waals surface area contributed by atoms with E-state index in [1.54, 1.807) is 23.0 Å². The summed E-state index contributed by atoms with van der Waals surface area (Å²) in [5.41, 5.74) is 1.03. The molecule has 2 aromatic heterocycles. The van der Waals surface area contributed by atoms with Crippen molar-refractivity contribution in [2.24, 2.45) is 0 Å². The van der Waals surface area contributed by atoms with Gasteiger partial charge in [0.2, 0.25) is 0 Å². The van der Waals surface area contributed by atoms with Gasteiger partial charge in [-0.15, -0.1) is 0 Å². The van der Waals surface area contributed by atoms with E-state index in [0.717, 1.165) is 0 Å². The average molecular weight is 584 g/mol. The van der Waals surface area contributed by atoms with Crippen molar-refractivity contribution in [1.82, 2.24) is 24.4 Å². The summed E-state index contributed by atoms with van der Waals surface area (Å²) in [5, 5.41) is 0. The Morgan fingerprint density at radius 3 is 2.32 bits per heavy atom. The second-order valence-corrected chi connectivity index (χ2v) is 17.8. The van der Waals surface area contributed by atoms with E-state index in [2.05, 4.69) is 75.2 Å². The quantitative estimate of drug-likeness (QED) is 0.244. The number of carbonyl (C=O) groups excluding carboxylic acids is 1. The fourth-order valence-electron chi connectivity index (χ4n) is 6.42.